The van der Waals surface area contributed by atoms with Gasteiger partial charge in [-0.3, -0.25) is 9.59 Å². The van der Waals surface area contributed by atoms with Gasteiger partial charge in [0.1, 0.15) is 0 Å². The topological polar surface area (TPSA) is 69.6 Å². The minimum absolute atomic E-state index is 0.123. The summed E-state index contributed by atoms with van der Waals surface area (Å²) in [6.45, 7) is 4.37. The van der Waals surface area contributed by atoms with E-state index in [1.807, 2.05) is 0 Å². The summed E-state index contributed by atoms with van der Waals surface area (Å²) in [7, 11) is 1.78. The third-order valence-electron chi connectivity index (χ3n) is 3.92. The lowest BCUT2D eigenvalue weighted by Crippen LogP contribution is -2.48. The molecule has 0 aromatic carbocycles. The normalized spacial score (nSPS) is 18.3. The lowest BCUT2D eigenvalue weighted by Gasteiger charge is -2.38. The van der Waals surface area contributed by atoms with Gasteiger partial charge < -0.3 is 15.3 Å². The van der Waals surface area contributed by atoms with E-state index in [1.54, 1.807) is 11.9 Å². The van der Waals surface area contributed by atoms with Crippen molar-refractivity contribution in [3.8, 4) is 0 Å². The standard InChI is InChI=1S/C13H24N2O3/c1-3-13(6-8-14-9-7-13)12(18)15(2)10-4-5-11(16)17/h14H,3-10H2,1-2H3,(H,16,17). The van der Waals surface area contributed by atoms with Crippen molar-refractivity contribution in [3.63, 3.8) is 0 Å². The SMILES string of the molecule is CCC1(C(=O)N(C)CCCC(=O)O)CCNCC1. The molecule has 0 unspecified atom stereocenters. The van der Waals surface area contributed by atoms with Gasteiger partial charge in [-0.25, -0.2) is 0 Å². The van der Waals surface area contributed by atoms with E-state index in [0.717, 1.165) is 32.4 Å². The van der Waals surface area contributed by atoms with E-state index in [1.165, 1.54) is 0 Å². The molecule has 1 aliphatic heterocycles. The molecule has 0 bridgehead atoms. The molecule has 5 heteroatoms. The van der Waals surface area contributed by atoms with Crippen molar-refractivity contribution < 1.29 is 14.7 Å². The van der Waals surface area contributed by atoms with Gasteiger partial charge in [0, 0.05) is 20.0 Å². The molecule has 1 aliphatic rings. The number of nitrogens with one attached hydrogen (secondary N) is 1. The van der Waals surface area contributed by atoms with Gasteiger partial charge in [-0.05, 0) is 38.8 Å². The summed E-state index contributed by atoms with van der Waals surface area (Å²) in [5.74, 6) is -0.625. The highest BCUT2D eigenvalue weighted by Gasteiger charge is 2.39. The summed E-state index contributed by atoms with van der Waals surface area (Å²) in [4.78, 5) is 24.6. The van der Waals surface area contributed by atoms with Gasteiger partial charge in [0.05, 0.1) is 5.41 Å². The van der Waals surface area contributed by atoms with Crippen LogP contribution in [0.4, 0.5) is 0 Å². The van der Waals surface area contributed by atoms with Gasteiger partial charge in [0.2, 0.25) is 5.91 Å². The van der Waals surface area contributed by atoms with Crippen molar-refractivity contribution in [2.75, 3.05) is 26.7 Å². The summed E-state index contributed by atoms with van der Waals surface area (Å²) < 4.78 is 0. The van der Waals surface area contributed by atoms with Gasteiger partial charge in [0.15, 0.2) is 0 Å². The second kappa shape index (κ2) is 6.73. The fraction of sp³-hybridized carbons (Fsp3) is 0.846. The number of rotatable bonds is 6. The van der Waals surface area contributed by atoms with Crippen LogP contribution in [0.1, 0.15) is 39.0 Å². The quantitative estimate of drug-likeness (QED) is 0.746. The first-order valence-corrected chi connectivity index (χ1v) is 6.70. The number of nitrogens with zero attached hydrogens (tertiary/aromatic N) is 1. The Labute approximate surface area is 109 Å². The molecule has 1 heterocycles. The van der Waals surface area contributed by atoms with Crippen molar-refractivity contribution in [2.45, 2.75) is 39.0 Å². The number of hydrogen-bond donors (Lipinski definition) is 2. The first kappa shape index (κ1) is 15.0. The maximum absolute atomic E-state index is 12.5. The Balaban J connectivity index is 2.52. The Kier molecular flexibility index (Phi) is 5.59. The molecule has 0 atom stereocenters. The Morgan fingerprint density at radius 2 is 1.94 bits per heavy atom. The summed E-state index contributed by atoms with van der Waals surface area (Å²) in [6, 6.07) is 0. The summed E-state index contributed by atoms with van der Waals surface area (Å²) >= 11 is 0. The molecule has 1 rings (SSSR count). The van der Waals surface area contributed by atoms with E-state index in [4.69, 9.17) is 5.11 Å². The molecule has 0 aliphatic carbocycles. The first-order chi connectivity index (χ1) is 8.52. The molecule has 0 spiro atoms. The Morgan fingerprint density at radius 3 is 2.44 bits per heavy atom. The highest BCUT2D eigenvalue weighted by molar-refractivity contribution is 5.82. The van der Waals surface area contributed by atoms with Crippen LogP contribution in [0.3, 0.4) is 0 Å². The second-order valence-electron chi connectivity index (χ2n) is 5.11. The molecule has 0 radical (unpaired) electrons. The average Bonchev–Trinajstić information content (AvgIpc) is 2.38. The van der Waals surface area contributed by atoms with E-state index >= 15 is 0 Å². The van der Waals surface area contributed by atoms with Gasteiger partial charge >= 0.3 is 5.97 Å². The molecule has 0 aromatic rings. The van der Waals surface area contributed by atoms with Crippen LogP contribution < -0.4 is 5.32 Å². The second-order valence-corrected chi connectivity index (χ2v) is 5.11. The number of amides is 1. The van der Waals surface area contributed by atoms with Gasteiger partial charge in [-0.2, -0.15) is 0 Å². The molecule has 104 valence electrons. The van der Waals surface area contributed by atoms with E-state index in [0.29, 0.717) is 13.0 Å². The predicted octanol–water partition coefficient (Wildman–Crippen LogP) is 1.09. The number of carbonyl (C=O) groups is 2. The fourth-order valence-corrected chi connectivity index (χ4v) is 2.60. The molecule has 0 saturated carbocycles. The Bertz CT molecular complexity index is 299. The number of piperidine rings is 1. The Morgan fingerprint density at radius 1 is 1.33 bits per heavy atom. The fourth-order valence-electron chi connectivity index (χ4n) is 2.60. The maximum Gasteiger partial charge on any atom is 0.303 e. The van der Waals surface area contributed by atoms with E-state index in [9.17, 15) is 9.59 Å². The van der Waals surface area contributed by atoms with Crippen LogP contribution in [0.25, 0.3) is 0 Å². The maximum atomic E-state index is 12.5. The largest absolute Gasteiger partial charge is 0.481 e. The van der Waals surface area contributed by atoms with Crippen LogP contribution in [-0.4, -0.2) is 48.6 Å². The average molecular weight is 256 g/mol. The van der Waals surface area contributed by atoms with Crippen LogP contribution in [0.15, 0.2) is 0 Å². The monoisotopic (exact) mass is 256 g/mol. The third-order valence-corrected chi connectivity index (χ3v) is 3.92. The number of carboxylic acid groups (broad SMARTS) is 1. The number of aliphatic carboxylic acids is 1. The highest BCUT2D eigenvalue weighted by atomic mass is 16.4. The predicted molar refractivity (Wildman–Crippen MR) is 69.3 cm³/mol. The molecule has 2 N–H and O–H groups in total. The van der Waals surface area contributed by atoms with Crippen LogP contribution in [0, 0.1) is 5.41 Å². The molecule has 1 amide bonds. The summed E-state index contributed by atoms with van der Waals surface area (Å²) in [5, 5.41) is 11.9. The minimum Gasteiger partial charge on any atom is -0.481 e. The van der Waals surface area contributed by atoms with Crippen LogP contribution >= 0.6 is 0 Å². The van der Waals surface area contributed by atoms with Crippen LogP contribution in [-0.2, 0) is 9.59 Å². The number of carbonyl (C=O) groups excluding carboxylic acids is 1. The molecule has 18 heavy (non-hydrogen) atoms. The van der Waals surface area contributed by atoms with Crippen LogP contribution in [0.2, 0.25) is 0 Å². The van der Waals surface area contributed by atoms with Crippen LogP contribution in [0.5, 0.6) is 0 Å². The van der Waals surface area contributed by atoms with Crippen molar-refractivity contribution >= 4 is 11.9 Å². The van der Waals surface area contributed by atoms with Gasteiger partial charge in [0.25, 0.3) is 0 Å². The van der Waals surface area contributed by atoms with Gasteiger partial charge in [-0.15, -0.1) is 0 Å². The first-order valence-electron chi connectivity index (χ1n) is 6.70. The minimum atomic E-state index is -0.803. The third kappa shape index (κ3) is 3.70. The lowest BCUT2D eigenvalue weighted by atomic mass is 9.75. The lowest BCUT2D eigenvalue weighted by molar-refractivity contribution is -0.143. The zero-order valence-corrected chi connectivity index (χ0v) is 11.4. The zero-order chi connectivity index (χ0) is 13.6. The molecular weight excluding hydrogens is 232 g/mol. The summed E-state index contributed by atoms with van der Waals surface area (Å²) in [6.07, 6.45) is 3.27. The van der Waals surface area contributed by atoms with E-state index in [-0.39, 0.29) is 17.7 Å². The van der Waals surface area contributed by atoms with Crippen molar-refractivity contribution in [1.29, 1.82) is 0 Å². The number of hydrogen-bond acceptors (Lipinski definition) is 3. The van der Waals surface area contributed by atoms with Gasteiger partial charge in [-0.1, -0.05) is 6.92 Å². The molecule has 1 saturated heterocycles. The van der Waals surface area contributed by atoms with E-state index < -0.39 is 5.97 Å². The van der Waals surface area contributed by atoms with Crippen molar-refractivity contribution in [2.24, 2.45) is 5.41 Å². The molecule has 5 nitrogen and oxygen atoms in total. The number of carboxylic acids is 1. The van der Waals surface area contributed by atoms with E-state index in [2.05, 4.69) is 12.2 Å². The summed E-state index contributed by atoms with van der Waals surface area (Å²) in [5.41, 5.74) is -0.233. The Hall–Kier alpha value is -1.10. The van der Waals surface area contributed by atoms with Crippen molar-refractivity contribution in [1.82, 2.24) is 10.2 Å². The zero-order valence-electron chi connectivity index (χ0n) is 11.4. The molecular formula is C13H24N2O3. The molecule has 0 aromatic heterocycles. The van der Waals surface area contributed by atoms with Crippen molar-refractivity contribution in [3.05, 3.63) is 0 Å². The molecule has 1 fully saturated rings. The smallest absolute Gasteiger partial charge is 0.303 e. The highest BCUT2D eigenvalue weighted by Crippen LogP contribution is 2.34.